The number of benzene rings is 5. The summed E-state index contributed by atoms with van der Waals surface area (Å²) in [6.07, 6.45) is 5.11. The lowest BCUT2D eigenvalue weighted by atomic mass is 10.0. The standard InChI is InChI=1S/C46H44N4O7/c1-5-6-15-55-33-17-28(26-56-42-23-36-34(21-40(42)53-3)45(51)49-32(25-47-36)19-30-11-7-9-13-37(30)49)16-29(18-33)27-57-43-24-39-35(22-41(43)54-4)46(52)50-38-14-10-8-12-31(38)20-44(50)48(39)2/h7-14,16-18,21-25,32,44H,5-6,15,19-20,26-27H2,1-4H3/t32-,44-/m0/s1. The van der Waals surface area contributed by atoms with Gasteiger partial charge in [0.15, 0.2) is 23.0 Å². The van der Waals surface area contributed by atoms with Crippen LogP contribution in [0.1, 0.15) is 62.7 Å². The number of methoxy groups -OCH3 is 2. The average Bonchev–Trinajstić information content (AvgIpc) is 3.78. The number of hydrogen-bond donors (Lipinski definition) is 0. The molecule has 0 fully saturated rings. The molecule has 2 amide bonds. The van der Waals surface area contributed by atoms with Gasteiger partial charge in [-0.3, -0.25) is 24.4 Å². The normalized spacial score (nSPS) is 17.2. The van der Waals surface area contributed by atoms with E-state index in [1.807, 2.05) is 83.7 Å². The molecule has 4 aliphatic heterocycles. The monoisotopic (exact) mass is 764 g/mol. The molecule has 0 saturated carbocycles. The maximum atomic E-state index is 13.9. The second kappa shape index (κ2) is 14.9. The summed E-state index contributed by atoms with van der Waals surface area (Å²) in [6.45, 7) is 3.12. The average molecular weight is 765 g/mol. The minimum absolute atomic E-state index is 0.0555. The van der Waals surface area contributed by atoms with E-state index in [2.05, 4.69) is 24.0 Å². The molecule has 5 aromatic carbocycles. The minimum Gasteiger partial charge on any atom is -0.494 e. The zero-order valence-corrected chi connectivity index (χ0v) is 32.5. The van der Waals surface area contributed by atoms with Gasteiger partial charge in [0.05, 0.1) is 49.4 Å². The van der Waals surface area contributed by atoms with Gasteiger partial charge in [-0.15, -0.1) is 0 Å². The van der Waals surface area contributed by atoms with Crippen molar-refractivity contribution >= 4 is 40.8 Å². The van der Waals surface area contributed by atoms with Crippen LogP contribution in [0, 0.1) is 0 Å². The summed E-state index contributed by atoms with van der Waals surface area (Å²) in [5.41, 5.74) is 8.21. The summed E-state index contributed by atoms with van der Waals surface area (Å²) in [7, 11) is 5.16. The summed E-state index contributed by atoms with van der Waals surface area (Å²) in [6, 6.07) is 29.0. The number of carbonyl (C=O) groups is 2. The van der Waals surface area contributed by atoms with Crippen LogP contribution in [0.3, 0.4) is 0 Å². The molecule has 0 aromatic heterocycles. The van der Waals surface area contributed by atoms with Crippen molar-refractivity contribution in [2.75, 3.05) is 42.6 Å². The zero-order valence-electron chi connectivity index (χ0n) is 32.5. The molecule has 11 nitrogen and oxygen atoms in total. The van der Waals surface area contributed by atoms with Gasteiger partial charge < -0.3 is 28.6 Å². The third kappa shape index (κ3) is 6.46. The van der Waals surface area contributed by atoms with Gasteiger partial charge in [0.25, 0.3) is 11.8 Å². The van der Waals surface area contributed by atoms with E-state index in [4.69, 9.17) is 28.7 Å². The van der Waals surface area contributed by atoms with Crippen molar-refractivity contribution in [2.45, 2.75) is 58.0 Å². The number of para-hydroxylation sites is 2. The maximum Gasteiger partial charge on any atom is 0.262 e. The van der Waals surface area contributed by atoms with Crippen LogP contribution in [0.25, 0.3) is 0 Å². The van der Waals surface area contributed by atoms with Crippen LogP contribution in [-0.2, 0) is 26.1 Å². The van der Waals surface area contributed by atoms with E-state index in [-0.39, 0.29) is 37.2 Å². The Bertz CT molecular complexity index is 2430. The first-order chi connectivity index (χ1) is 27.8. The molecule has 9 rings (SSSR count). The number of nitrogens with zero attached hydrogens (tertiary/aromatic N) is 4. The topological polar surface area (TPSA) is 102 Å². The van der Waals surface area contributed by atoms with Gasteiger partial charge in [-0.1, -0.05) is 49.7 Å². The molecule has 0 N–H and O–H groups in total. The van der Waals surface area contributed by atoms with Crippen molar-refractivity contribution in [2.24, 2.45) is 4.99 Å². The predicted octanol–water partition coefficient (Wildman–Crippen LogP) is 8.31. The van der Waals surface area contributed by atoms with E-state index in [1.54, 1.807) is 32.4 Å². The fourth-order valence-corrected chi connectivity index (χ4v) is 8.32. The highest BCUT2D eigenvalue weighted by molar-refractivity contribution is 6.15. The summed E-state index contributed by atoms with van der Waals surface area (Å²) >= 11 is 0. The second-order valence-corrected chi connectivity index (χ2v) is 14.8. The first kappa shape index (κ1) is 36.2. The first-order valence-electron chi connectivity index (χ1n) is 19.4. The van der Waals surface area contributed by atoms with Crippen molar-refractivity contribution in [3.05, 3.63) is 124 Å². The molecule has 5 aromatic rings. The number of ether oxygens (including phenoxy) is 5. The van der Waals surface area contributed by atoms with Crippen LogP contribution < -0.4 is 38.4 Å². The number of carbonyl (C=O) groups excluding carboxylic acids is 2. The van der Waals surface area contributed by atoms with E-state index < -0.39 is 0 Å². The second-order valence-electron chi connectivity index (χ2n) is 14.8. The predicted molar refractivity (Wildman–Crippen MR) is 220 cm³/mol. The van der Waals surface area contributed by atoms with Crippen molar-refractivity contribution in [3.8, 4) is 28.7 Å². The minimum atomic E-state index is -0.158. The van der Waals surface area contributed by atoms with Crippen LogP contribution in [-0.4, -0.2) is 58.1 Å². The Balaban J connectivity index is 0.959. The number of amides is 2. The van der Waals surface area contributed by atoms with Crippen LogP contribution in [0.4, 0.5) is 22.7 Å². The van der Waals surface area contributed by atoms with Crippen LogP contribution in [0.15, 0.2) is 96.0 Å². The zero-order chi connectivity index (χ0) is 39.2. The van der Waals surface area contributed by atoms with Gasteiger partial charge in [-0.05, 0) is 71.1 Å². The highest BCUT2D eigenvalue weighted by Gasteiger charge is 2.43. The third-order valence-electron chi connectivity index (χ3n) is 11.2. The molecule has 0 bridgehead atoms. The SMILES string of the molecule is CCCCOc1cc(COc2cc3c(cc2OC)C(=O)N2c4ccccc4C[C@H]2C=N3)cc(COc2cc3c(cc2OC)C(=O)N2c4ccccc4C[C@H]2N3C)c1. The van der Waals surface area contributed by atoms with E-state index in [1.165, 1.54) is 0 Å². The fraction of sp³-hybridized carbons (Fsp3) is 0.283. The lowest BCUT2D eigenvalue weighted by Crippen LogP contribution is -2.52. The lowest BCUT2D eigenvalue weighted by molar-refractivity contribution is 0.0969. The molecule has 0 unspecified atom stereocenters. The summed E-state index contributed by atoms with van der Waals surface area (Å²) < 4.78 is 30.6. The van der Waals surface area contributed by atoms with E-state index in [9.17, 15) is 9.59 Å². The lowest BCUT2D eigenvalue weighted by Gasteiger charge is -2.40. The Hall–Kier alpha value is -6.49. The van der Waals surface area contributed by atoms with E-state index in [0.29, 0.717) is 58.6 Å². The van der Waals surface area contributed by atoms with Crippen molar-refractivity contribution < 1.29 is 33.3 Å². The molecule has 0 spiro atoms. The Morgan fingerprint density at radius 2 is 1.28 bits per heavy atom. The molecule has 0 radical (unpaired) electrons. The Morgan fingerprint density at radius 3 is 1.96 bits per heavy atom. The van der Waals surface area contributed by atoms with Crippen LogP contribution in [0.5, 0.6) is 28.7 Å². The molecule has 0 saturated heterocycles. The van der Waals surface area contributed by atoms with Crippen LogP contribution >= 0.6 is 0 Å². The van der Waals surface area contributed by atoms with Gasteiger partial charge in [0.1, 0.15) is 25.1 Å². The van der Waals surface area contributed by atoms with Gasteiger partial charge in [0.2, 0.25) is 0 Å². The van der Waals surface area contributed by atoms with Crippen molar-refractivity contribution in [1.29, 1.82) is 0 Å². The Labute approximate surface area is 332 Å². The third-order valence-corrected chi connectivity index (χ3v) is 11.2. The Morgan fingerprint density at radius 1 is 0.667 bits per heavy atom. The molecule has 290 valence electrons. The van der Waals surface area contributed by atoms with Gasteiger partial charge in [-0.2, -0.15) is 0 Å². The van der Waals surface area contributed by atoms with Crippen molar-refractivity contribution in [1.82, 2.24) is 0 Å². The number of fused-ring (bicyclic) bond motifs is 8. The van der Waals surface area contributed by atoms with Gasteiger partial charge in [0, 0.05) is 49.6 Å². The fourth-order valence-electron chi connectivity index (χ4n) is 8.32. The first-order valence-corrected chi connectivity index (χ1v) is 19.4. The molecule has 4 aliphatic rings. The quantitative estimate of drug-likeness (QED) is 0.117. The molecule has 4 heterocycles. The van der Waals surface area contributed by atoms with E-state index >= 15 is 0 Å². The number of likely N-dealkylation sites (N-methyl/N-ethyl adjacent to an activating group) is 1. The van der Waals surface area contributed by atoms with Gasteiger partial charge >= 0.3 is 0 Å². The molecule has 0 aliphatic carbocycles. The summed E-state index contributed by atoms with van der Waals surface area (Å²) in [4.78, 5) is 38.4. The number of hydrogen-bond acceptors (Lipinski definition) is 9. The highest BCUT2D eigenvalue weighted by Crippen LogP contribution is 2.45. The number of anilines is 3. The number of aliphatic imine (C=N–C) groups is 1. The Kier molecular flexibility index (Phi) is 9.44. The molecular weight excluding hydrogens is 721 g/mol. The van der Waals surface area contributed by atoms with E-state index in [0.717, 1.165) is 58.6 Å². The number of rotatable bonds is 12. The molecule has 2 atom stereocenters. The molecule has 57 heavy (non-hydrogen) atoms. The van der Waals surface area contributed by atoms with Crippen LogP contribution in [0.2, 0.25) is 0 Å². The summed E-state index contributed by atoms with van der Waals surface area (Å²) in [5, 5.41) is 0. The molecule has 11 heteroatoms. The largest absolute Gasteiger partial charge is 0.494 e. The maximum absolute atomic E-state index is 13.9. The smallest absolute Gasteiger partial charge is 0.262 e. The number of unbranched alkanes of at least 4 members (excludes halogenated alkanes) is 1. The summed E-state index contributed by atoms with van der Waals surface area (Å²) in [5.74, 6) is 2.44. The highest BCUT2D eigenvalue weighted by atomic mass is 16.5. The molecular formula is C46H44N4O7. The van der Waals surface area contributed by atoms with Gasteiger partial charge in [-0.25, -0.2) is 0 Å². The van der Waals surface area contributed by atoms with Crippen molar-refractivity contribution in [3.63, 3.8) is 0 Å².